The number of amides is 1. The summed E-state index contributed by atoms with van der Waals surface area (Å²) in [4.78, 5) is 30.4. The van der Waals surface area contributed by atoms with E-state index in [4.69, 9.17) is 4.74 Å². The number of quaternary nitrogens is 1. The number of hydrogen-bond acceptors (Lipinski definition) is 4. The Balaban J connectivity index is 0.00000304. The molecule has 0 radical (unpaired) electrons. The predicted octanol–water partition coefficient (Wildman–Crippen LogP) is 1.61. The van der Waals surface area contributed by atoms with Gasteiger partial charge in [0.25, 0.3) is 5.91 Å². The minimum Gasteiger partial charge on any atom is -1.00 e. The molecule has 6 rings (SSSR count). The van der Waals surface area contributed by atoms with Crippen molar-refractivity contribution in [3.63, 3.8) is 0 Å². The van der Waals surface area contributed by atoms with Gasteiger partial charge in [-0.05, 0) is 24.5 Å². The molecule has 8 heteroatoms. The maximum atomic E-state index is 14.0. The molecule has 0 spiro atoms. The lowest BCUT2D eigenvalue weighted by Crippen LogP contribution is -3.00. The second kappa shape index (κ2) is 11.3. The van der Waals surface area contributed by atoms with Gasteiger partial charge in [0.1, 0.15) is 6.54 Å². The van der Waals surface area contributed by atoms with Crippen molar-refractivity contribution < 1.29 is 35.6 Å². The summed E-state index contributed by atoms with van der Waals surface area (Å²) in [5.74, 6) is -0.506. The van der Waals surface area contributed by atoms with Gasteiger partial charge < -0.3 is 26.9 Å². The van der Waals surface area contributed by atoms with E-state index < -0.39 is 11.2 Å². The lowest BCUT2D eigenvalue weighted by molar-refractivity contribution is -0.939. The standard InChI is InChI=1S/C28H34FN3O3.ClH/c29-23-18-30-15-10-24(23)31-26(33)20-32-16-11-21(12-17-32)25(19-32)35-27(34)28(13-6-1-2-7-14-28)22-8-4-3-5-9-22;/h3-5,8-10,15,18,21,25H,1-2,6-7,11-14,16-17,19-20H2;1H/t21?,25-,32?;/m0./s1. The molecule has 4 fully saturated rings. The molecule has 1 saturated carbocycles. The number of piperidine rings is 3. The van der Waals surface area contributed by atoms with E-state index in [1.165, 1.54) is 12.3 Å². The average molecular weight is 516 g/mol. The van der Waals surface area contributed by atoms with Crippen LogP contribution in [0.5, 0.6) is 0 Å². The Kier molecular flexibility index (Phi) is 8.30. The van der Waals surface area contributed by atoms with Crippen LogP contribution in [0.15, 0.2) is 48.8 Å². The molecular weight excluding hydrogens is 481 g/mol. The van der Waals surface area contributed by atoms with Crippen LogP contribution in [-0.2, 0) is 19.7 Å². The van der Waals surface area contributed by atoms with Crippen molar-refractivity contribution in [1.29, 1.82) is 0 Å². The molecule has 0 unspecified atom stereocenters. The molecule has 4 aliphatic rings. The van der Waals surface area contributed by atoms with Crippen LogP contribution in [-0.4, -0.2) is 53.6 Å². The van der Waals surface area contributed by atoms with Crippen LogP contribution < -0.4 is 17.7 Å². The third-order valence-electron chi connectivity index (χ3n) is 8.50. The number of nitrogens with zero attached hydrogens (tertiary/aromatic N) is 2. The minimum absolute atomic E-state index is 0. The molecular formula is C28H35ClFN3O3. The Labute approximate surface area is 218 Å². The summed E-state index contributed by atoms with van der Waals surface area (Å²) in [6.07, 6.45) is 10.3. The number of aromatic nitrogens is 1. The van der Waals surface area contributed by atoms with Crippen molar-refractivity contribution in [2.45, 2.75) is 62.9 Å². The number of esters is 1. The number of carbonyl (C=O) groups is 2. The topological polar surface area (TPSA) is 68.3 Å². The molecule has 2 aromatic rings. The second-order valence-corrected chi connectivity index (χ2v) is 10.7. The van der Waals surface area contributed by atoms with Gasteiger partial charge in [0.15, 0.2) is 18.5 Å². The summed E-state index contributed by atoms with van der Waals surface area (Å²) in [7, 11) is 0. The van der Waals surface area contributed by atoms with Crippen molar-refractivity contribution in [3.8, 4) is 0 Å². The highest BCUT2D eigenvalue weighted by Crippen LogP contribution is 2.42. The molecule has 194 valence electrons. The third kappa shape index (κ3) is 5.42. The molecule has 2 bridgehead atoms. The van der Waals surface area contributed by atoms with Crippen LogP contribution in [0.3, 0.4) is 0 Å². The number of benzene rings is 1. The van der Waals surface area contributed by atoms with E-state index in [9.17, 15) is 14.0 Å². The van der Waals surface area contributed by atoms with Gasteiger partial charge in [-0.1, -0.05) is 56.0 Å². The average Bonchev–Trinajstić information content (AvgIpc) is 3.14. The highest BCUT2D eigenvalue weighted by atomic mass is 35.5. The first-order chi connectivity index (χ1) is 17.0. The molecule has 1 aliphatic carbocycles. The monoisotopic (exact) mass is 515 g/mol. The summed E-state index contributed by atoms with van der Waals surface area (Å²) in [5.41, 5.74) is 0.636. The van der Waals surface area contributed by atoms with E-state index >= 15 is 0 Å². The molecule has 3 saturated heterocycles. The largest absolute Gasteiger partial charge is 1.00 e. The number of ether oxygens (including phenoxy) is 1. The van der Waals surface area contributed by atoms with Gasteiger partial charge in [0, 0.05) is 25.0 Å². The van der Waals surface area contributed by atoms with Crippen molar-refractivity contribution in [3.05, 3.63) is 60.2 Å². The first-order valence-electron chi connectivity index (χ1n) is 13.0. The number of pyridine rings is 1. The molecule has 6 nitrogen and oxygen atoms in total. The van der Waals surface area contributed by atoms with Gasteiger partial charge in [-0.3, -0.25) is 14.6 Å². The Morgan fingerprint density at radius 1 is 1.06 bits per heavy atom. The summed E-state index contributed by atoms with van der Waals surface area (Å²) in [6, 6.07) is 11.6. The lowest BCUT2D eigenvalue weighted by atomic mass is 9.74. The summed E-state index contributed by atoms with van der Waals surface area (Å²) in [5, 5.41) is 2.70. The zero-order chi connectivity index (χ0) is 24.3. The molecule has 1 aromatic heterocycles. The molecule has 3 aliphatic heterocycles. The maximum Gasteiger partial charge on any atom is 0.317 e. The van der Waals surface area contributed by atoms with E-state index in [0.717, 1.165) is 76.2 Å². The Bertz CT molecular complexity index is 1050. The van der Waals surface area contributed by atoms with E-state index in [-0.39, 0.29) is 42.6 Å². The molecule has 1 atom stereocenters. The summed E-state index contributed by atoms with van der Waals surface area (Å²) in [6.45, 7) is 2.67. The SMILES string of the molecule is O=C(C[N+]12CCC(CC1)[C@@H](OC(=O)C1(c3ccccc3)CCCCCC1)C2)Nc1ccncc1F.[Cl-]. The molecule has 36 heavy (non-hydrogen) atoms. The number of rotatable bonds is 6. The van der Waals surface area contributed by atoms with Gasteiger partial charge in [-0.2, -0.15) is 0 Å². The molecule has 4 heterocycles. The zero-order valence-corrected chi connectivity index (χ0v) is 21.4. The van der Waals surface area contributed by atoms with E-state index in [1.54, 1.807) is 0 Å². The number of fused-ring (bicyclic) bond motifs is 3. The number of hydrogen-bond donors (Lipinski definition) is 1. The van der Waals surface area contributed by atoms with Gasteiger partial charge in [0.05, 0.1) is 30.4 Å². The van der Waals surface area contributed by atoms with Crippen LogP contribution >= 0.6 is 0 Å². The zero-order valence-electron chi connectivity index (χ0n) is 20.6. The van der Waals surface area contributed by atoms with Gasteiger partial charge >= 0.3 is 5.97 Å². The summed E-state index contributed by atoms with van der Waals surface area (Å²) < 4.78 is 20.9. The van der Waals surface area contributed by atoms with Crippen LogP contribution in [0.1, 0.15) is 56.9 Å². The quantitative estimate of drug-likeness (QED) is 0.360. The van der Waals surface area contributed by atoms with Crippen molar-refractivity contribution >= 4 is 17.6 Å². The third-order valence-corrected chi connectivity index (χ3v) is 8.50. The van der Waals surface area contributed by atoms with Crippen LogP contribution in [0.4, 0.5) is 10.1 Å². The Morgan fingerprint density at radius 3 is 2.42 bits per heavy atom. The number of carbonyl (C=O) groups excluding carboxylic acids is 2. The van der Waals surface area contributed by atoms with Crippen molar-refractivity contribution in [1.82, 2.24) is 4.98 Å². The Morgan fingerprint density at radius 2 is 1.75 bits per heavy atom. The first kappa shape index (κ1) is 26.6. The Hall–Kier alpha value is -2.51. The normalized spacial score (nSPS) is 26.8. The molecule has 1 amide bonds. The number of anilines is 1. The van der Waals surface area contributed by atoms with Crippen LogP contribution in [0, 0.1) is 11.7 Å². The minimum atomic E-state index is -0.579. The molecule has 1 N–H and O–H groups in total. The first-order valence-corrected chi connectivity index (χ1v) is 13.0. The van der Waals surface area contributed by atoms with E-state index in [2.05, 4.69) is 22.4 Å². The summed E-state index contributed by atoms with van der Waals surface area (Å²) >= 11 is 0. The molecule has 1 aromatic carbocycles. The van der Waals surface area contributed by atoms with Crippen LogP contribution in [0.25, 0.3) is 0 Å². The lowest BCUT2D eigenvalue weighted by Gasteiger charge is -2.52. The van der Waals surface area contributed by atoms with E-state index in [1.807, 2.05) is 18.2 Å². The van der Waals surface area contributed by atoms with Gasteiger partial charge in [0.2, 0.25) is 0 Å². The van der Waals surface area contributed by atoms with Crippen molar-refractivity contribution in [2.75, 3.05) is 31.5 Å². The predicted molar refractivity (Wildman–Crippen MR) is 131 cm³/mol. The second-order valence-electron chi connectivity index (χ2n) is 10.7. The number of nitrogens with one attached hydrogen (secondary N) is 1. The fraction of sp³-hybridized carbons (Fsp3) is 0.536. The van der Waals surface area contributed by atoms with Gasteiger partial charge in [-0.25, -0.2) is 4.39 Å². The maximum absolute atomic E-state index is 14.0. The van der Waals surface area contributed by atoms with Crippen molar-refractivity contribution in [2.24, 2.45) is 5.92 Å². The van der Waals surface area contributed by atoms with Gasteiger partial charge in [-0.15, -0.1) is 0 Å². The fourth-order valence-corrected chi connectivity index (χ4v) is 6.50. The highest BCUT2D eigenvalue weighted by molar-refractivity contribution is 5.91. The highest BCUT2D eigenvalue weighted by Gasteiger charge is 2.51. The van der Waals surface area contributed by atoms with E-state index in [0.29, 0.717) is 16.9 Å². The number of halogens is 2. The smallest absolute Gasteiger partial charge is 0.317 e. The van der Waals surface area contributed by atoms with Crippen LogP contribution in [0.2, 0.25) is 0 Å². The fourth-order valence-electron chi connectivity index (χ4n) is 6.50.